The maximum absolute atomic E-state index is 11.3. The first-order valence-electron chi connectivity index (χ1n) is 5.55. The zero-order valence-corrected chi connectivity index (χ0v) is 9.72. The summed E-state index contributed by atoms with van der Waals surface area (Å²) in [5.41, 5.74) is 0. The molecule has 2 rings (SSSR count). The topological polar surface area (TPSA) is 62.1 Å². The lowest BCUT2D eigenvalue weighted by Gasteiger charge is -2.08. The number of hydrogen-bond donors (Lipinski definition) is 1. The van der Waals surface area contributed by atoms with Crippen LogP contribution in [0.4, 0.5) is 0 Å². The summed E-state index contributed by atoms with van der Waals surface area (Å²) in [6.45, 7) is -0.0899. The van der Waals surface area contributed by atoms with Crippen molar-refractivity contribution in [3.63, 3.8) is 0 Å². The number of rotatable bonds is 4. The smallest absolute Gasteiger partial charge is 0.258 e. The fourth-order valence-electron chi connectivity index (χ4n) is 1.65. The molecule has 0 aliphatic carbocycles. The Bertz CT molecular complexity index is 597. The van der Waals surface area contributed by atoms with Crippen molar-refractivity contribution in [2.24, 2.45) is 0 Å². The van der Waals surface area contributed by atoms with E-state index in [2.05, 4.69) is 5.32 Å². The summed E-state index contributed by atoms with van der Waals surface area (Å²) in [6.07, 6.45) is 0. The molecular formula is C14H12N2O2. The summed E-state index contributed by atoms with van der Waals surface area (Å²) in [6, 6.07) is 15.3. The molecular weight excluding hydrogens is 228 g/mol. The Morgan fingerprint density at radius 2 is 2.00 bits per heavy atom. The summed E-state index contributed by atoms with van der Waals surface area (Å²) in [5.74, 6) is 0.365. The molecule has 18 heavy (non-hydrogen) atoms. The Morgan fingerprint density at radius 3 is 2.83 bits per heavy atom. The first-order valence-corrected chi connectivity index (χ1v) is 5.55. The third-order valence-corrected chi connectivity index (χ3v) is 2.47. The maximum atomic E-state index is 11.3. The second kappa shape index (κ2) is 5.69. The van der Waals surface area contributed by atoms with E-state index < -0.39 is 0 Å². The molecule has 4 nitrogen and oxygen atoms in total. The first kappa shape index (κ1) is 11.9. The molecule has 4 heteroatoms. The molecule has 1 N–H and O–H groups in total. The van der Waals surface area contributed by atoms with Gasteiger partial charge >= 0.3 is 0 Å². The SMILES string of the molecule is N#CCNC(=O)COc1cccc2ccccc12. The average molecular weight is 240 g/mol. The lowest BCUT2D eigenvalue weighted by Crippen LogP contribution is -2.29. The molecule has 2 aromatic carbocycles. The molecule has 0 radical (unpaired) electrons. The molecule has 0 saturated carbocycles. The number of benzene rings is 2. The van der Waals surface area contributed by atoms with Crippen LogP contribution in [-0.2, 0) is 4.79 Å². The van der Waals surface area contributed by atoms with Crippen molar-refractivity contribution in [3.8, 4) is 11.8 Å². The molecule has 0 fully saturated rings. The Morgan fingerprint density at radius 1 is 1.22 bits per heavy atom. The Hall–Kier alpha value is -2.54. The Labute approximate surface area is 105 Å². The van der Waals surface area contributed by atoms with Crippen LogP contribution >= 0.6 is 0 Å². The molecule has 0 aliphatic rings. The minimum atomic E-state index is -0.301. The van der Waals surface area contributed by atoms with E-state index in [1.165, 1.54) is 0 Å². The fourth-order valence-corrected chi connectivity index (χ4v) is 1.65. The van der Waals surface area contributed by atoms with E-state index in [1.54, 1.807) is 0 Å². The summed E-state index contributed by atoms with van der Waals surface area (Å²) in [5, 5.41) is 12.8. The summed E-state index contributed by atoms with van der Waals surface area (Å²) in [4.78, 5) is 11.3. The van der Waals surface area contributed by atoms with E-state index in [0.717, 1.165) is 10.8 Å². The molecule has 0 aromatic heterocycles. The molecule has 0 unspecified atom stereocenters. The zero-order valence-electron chi connectivity index (χ0n) is 9.72. The number of ether oxygens (including phenoxy) is 1. The van der Waals surface area contributed by atoms with Gasteiger partial charge in [-0.25, -0.2) is 0 Å². The van der Waals surface area contributed by atoms with Crippen molar-refractivity contribution in [2.45, 2.75) is 0 Å². The number of amides is 1. The van der Waals surface area contributed by atoms with Crippen LogP contribution in [0.25, 0.3) is 10.8 Å². The Balaban J connectivity index is 2.08. The van der Waals surface area contributed by atoms with Crippen LogP contribution in [0, 0.1) is 11.3 Å². The van der Waals surface area contributed by atoms with E-state index in [9.17, 15) is 4.79 Å². The molecule has 0 bridgehead atoms. The minimum Gasteiger partial charge on any atom is -0.483 e. The van der Waals surface area contributed by atoms with E-state index in [4.69, 9.17) is 10.00 Å². The number of nitrogens with one attached hydrogen (secondary N) is 1. The van der Waals surface area contributed by atoms with Gasteiger partial charge in [0.15, 0.2) is 6.61 Å². The van der Waals surface area contributed by atoms with E-state index >= 15 is 0 Å². The lowest BCUT2D eigenvalue weighted by atomic mass is 10.1. The number of hydrogen-bond acceptors (Lipinski definition) is 3. The molecule has 0 spiro atoms. The predicted molar refractivity (Wildman–Crippen MR) is 68.1 cm³/mol. The van der Waals surface area contributed by atoms with Gasteiger partial charge in [0, 0.05) is 5.39 Å². The van der Waals surface area contributed by atoms with Crippen molar-refractivity contribution in [1.82, 2.24) is 5.32 Å². The van der Waals surface area contributed by atoms with Crippen molar-refractivity contribution in [3.05, 3.63) is 42.5 Å². The van der Waals surface area contributed by atoms with Gasteiger partial charge in [0.25, 0.3) is 5.91 Å². The van der Waals surface area contributed by atoms with Gasteiger partial charge in [0.2, 0.25) is 0 Å². The molecule has 0 saturated heterocycles. The van der Waals surface area contributed by atoms with Gasteiger partial charge in [0.1, 0.15) is 12.3 Å². The van der Waals surface area contributed by atoms with Crippen LogP contribution in [0.2, 0.25) is 0 Å². The van der Waals surface area contributed by atoms with Gasteiger partial charge in [-0.2, -0.15) is 5.26 Å². The number of fused-ring (bicyclic) bond motifs is 1. The highest BCUT2D eigenvalue weighted by Gasteiger charge is 2.04. The van der Waals surface area contributed by atoms with Crippen LogP contribution < -0.4 is 10.1 Å². The molecule has 0 aliphatic heterocycles. The second-order valence-corrected chi connectivity index (χ2v) is 3.70. The number of carbonyl (C=O) groups excluding carboxylic acids is 1. The van der Waals surface area contributed by atoms with E-state index in [-0.39, 0.29) is 19.1 Å². The van der Waals surface area contributed by atoms with Gasteiger partial charge < -0.3 is 10.1 Å². The highest BCUT2D eigenvalue weighted by Crippen LogP contribution is 2.24. The van der Waals surface area contributed by atoms with Crippen molar-refractivity contribution >= 4 is 16.7 Å². The third kappa shape index (κ3) is 2.77. The number of nitriles is 1. The van der Waals surface area contributed by atoms with Crippen molar-refractivity contribution in [2.75, 3.05) is 13.2 Å². The van der Waals surface area contributed by atoms with Gasteiger partial charge in [0.05, 0.1) is 6.07 Å². The minimum absolute atomic E-state index is 0.00225. The second-order valence-electron chi connectivity index (χ2n) is 3.70. The van der Waals surface area contributed by atoms with Gasteiger partial charge in [-0.05, 0) is 11.5 Å². The van der Waals surface area contributed by atoms with Crippen molar-refractivity contribution in [1.29, 1.82) is 5.26 Å². The molecule has 0 heterocycles. The molecule has 0 atom stereocenters. The zero-order chi connectivity index (χ0) is 12.8. The van der Waals surface area contributed by atoms with Crippen LogP contribution in [-0.4, -0.2) is 19.1 Å². The summed E-state index contributed by atoms with van der Waals surface area (Å²) >= 11 is 0. The van der Waals surface area contributed by atoms with E-state index in [1.807, 2.05) is 48.5 Å². The summed E-state index contributed by atoms with van der Waals surface area (Å²) in [7, 11) is 0. The standard InChI is InChI=1S/C14H12N2O2/c15-8-9-16-14(17)10-18-13-7-3-5-11-4-1-2-6-12(11)13/h1-7H,9-10H2,(H,16,17). The quantitative estimate of drug-likeness (QED) is 0.830. The molecule has 1 amide bonds. The third-order valence-electron chi connectivity index (χ3n) is 2.47. The van der Waals surface area contributed by atoms with E-state index in [0.29, 0.717) is 5.75 Å². The molecule has 90 valence electrons. The number of carbonyl (C=O) groups is 1. The monoisotopic (exact) mass is 240 g/mol. The fraction of sp³-hybridized carbons (Fsp3) is 0.143. The van der Waals surface area contributed by atoms with Gasteiger partial charge in [-0.3, -0.25) is 4.79 Å². The maximum Gasteiger partial charge on any atom is 0.258 e. The normalized spacial score (nSPS) is 9.72. The first-order chi connectivity index (χ1) is 8.81. The van der Waals surface area contributed by atoms with Crippen LogP contribution in [0.3, 0.4) is 0 Å². The van der Waals surface area contributed by atoms with Crippen molar-refractivity contribution < 1.29 is 9.53 Å². The van der Waals surface area contributed by atoms with Gasteiger partial charge in [-0.1, -0.05) is 36.4 Å². The highest BCUT2D eigenvalue weighted by atomic mass is 16.5. The Kier molecular flexibility index (Phi) is 3.77. The van der Waals surface area contributed by atoms with Crippen LogP contribution in [0.15, 0.2) is 42.5 Å². The predicted octanol–water partition coefficient (Wildman–Crippen LogP) is 1.86. The molecule has 2 aromatic rings. The lowest BCUT2D eigenvalue weighted by molar-refractivity contribution is -0.122. The average Bonchev–Trinajstić information content (AvgIpc) is 2.42. The van der Waals surface area contributed by atoms with Crippen LogP contribution in [0.1, 0.15) is 0 Å². The highest BCUT2D eigenvalue weighted by molar-refractivity contribution is 5.88. The largest absolute Gasteiger partial charge is 0.483 e. The van der Waals surface area contributed by atoms with Crippen LogP contribution in [0.5, 0.6) is 5.75 Å². The van der Waals surface area contributed by atoms with Gasteiger partial charge in [-0.15, -0.1) is 0 Å². The summed E-state index contributed by atoms with van der Waals surface area (Å²) < 4.78 is 5.46. The number of nitrogens with zero attached hydrogens (tertiary/aromatic N) is 1.